The lowest BCUT2D eigenvalue weighted by atomic mass is 10.2. The number of aromatic nitrogens is 3. The molecule has 2 N–H and O–H groups in total. The summed E-state index contributed by atoms with van der Waals surface area (Å²) in [7, 11) is 0. The zero-order valence-corrected chi connectivity index (χ0v) is 10.1. The van der Waals surface area contributed by atoms with Gasteiger partial charge < -0.3 is 10.5 Å². The Bertz CT molecular complexity index is 533. The molecule has 0 saturated carbocycles. The van der Waals surface area contributed by atoms with Crippen molar-refractivity contribution in [2.45, 2.75) is 18.9 Å². The first-order chi connectivity index (χ1) is 7.74. The molecule has 2 aromatic heterocycles. The first-order valence-electron chi connectivity index (χ1n) is 5.17. The van der Waals surface area contributed by atoms with Crippen LogP contribution in [0.3, 0.4) is 0 Å². The summed E-state index contributed by atoms with van der Waals surface area (Å²) in [6.07, 6.45) is 2.08. The number of fused-ring (bicyclic) bond motifs is 1. The van der Waals surface area contributed by atoms with Gasteiger partial charge in [-0.1, -0.05) is 15.9 Å². The zero-order valence-electron chi connectivity index (χ0n) is 8.56. The van der Waals surface area contributed by atoms with Crippen LogP contribution in [-0.2, 0) is 4.74 Å². The topological polar surface area (TPSA) is 65.4 Å². The summed E-state index contributed by atoms with van der Waals surface area (Å²) in [6, 6.07) is 3.70. The molecule has 1 saturated heterocycles. The monoisotopic (exact) mass is 282 g/mol. The summed E-state index contributed by atoms with van der Waals surface area (Å²) in [5, 5.41) is 4.37. The summed E-state index contributed by atoms with van der Waals surface area (Å²) in [6.45, 7) is 0.791. The summed E-state index contributed by atoms with van der Waals surface area (Å²) >= 11 is 3.38. The molecule has 1 fully saturated rings. The highest BCUT2D eigenvalue weighted by atomic mass is 79.9. The normalized spacial score (nSPS) is 20.7. The molecule has 0 bridgehead atoms. The SMILES string of the molecule is Nc1cc(Br)cc2nc(C3CCCO3)nn12. The lowest BCUT2D eigenvalue weighted by molar-refractivity contribution is 0.105. The smallest absolute Gasteiger partial charge is 0.180 e. The number of anilines is 1. The Kier molecular flexibility index (Phi) is 2.33. The van der Waals surface area contributed by atoms with Gasteiger partial charge in [0, 0.05) is 11.1 Å². The summed E-state index contributed by atoms with van der Waals surface area (Å²) in [5.74, 6) is 1.29. The Morgan fingerprint density at radius 1 is 1.50 bits per heavy atom. The van der Waals surface area contributed by atoms with E-state index in [0.29, 0.717) is 5.82 Å². The Hall–Kier alpha value is -1.14. The fraction of sp³-hybridized carbons (Fsp3) is 0.400. The molecule has 3 rings (SSSR count). The maximum atomic E-state index is 5.86. The molecular weight excluding hydrogens is 272 g/mol. The van der Waals surface area contributed by atoms with Gasteiger partial charge in [0.25, 0.3) is 0 Å². The summed E-state index contributed by atoms with van der Waals surface area (Å²) in [5.41, 5.74) is 6.61. The molecule has 2 aromatic rings. The molecule has 1 aliphatic rings. The number of hydrogen-bond acceptors (Lipinski definition) is 4. The quantitative estimate of drug-likeness (QED) is 0.868. The summed E-state index contributed by atoms with van der Waals surface area (Å²) < 4.78 is 8.09. The van der Waals surface area contributed by atoms with Crippen LogP contribution < -0.4 is 5.73 Å². The third-order valence-electron chi connectivity index (χ3n) is 2.66. The second kappa shape index (κ2) is 3.71. The van der Waals surface area contributed by atoms with Gasteiger partial charge >= 0.3 is 0 Å². The van der Waals surface area contributed by atoms with E-state index in [9.17, 15) is 0 Å². The van der Waals surface area contributed by atoms with Crippen molar-refractivity contribution >= 4 is 27.4 Å². The highest BCUT2D eigenvalue weighted by Crippen LogP contribution is 2.27. The van der Waals surface area contributed by atoms with Crippen LogP contribution >= 0.6 is 15.9 Å². The van der Waals surface area contributed by atoms with Crippen molar-refractivity contribution in [3.05, 3.63) is 22.4 Å². The van der Waals surface area contributed by atoms with Gasteiger partial charge in [0.1, 0.15) is 11.9 Å². The van der Waals surface area contributed by atoms with Crippen molar-refractivity contribution in [2.75, 3.05) is 12.3 Å². The first kappa shape index (κ1) is 10.0. The van der Waals surface area contributed by atoms with E-state index in [4.69, 9.17) is 10.5 Å². The molecule has 3 heterocycles. The molecule has 0 aliphatic carbocycles. The maximum absolute atomic E-state index is 5.86. The van der Waals surface area contributed by atoms with Crippen molar-refractivity contribution in [3.8, 4) is 0 Å². The van der Waals surface area contributed by atoms with Crippen LogP contribution in [0.4, 0.5) is 5.82 Å². The van der Waals surface area contributed by atoms with Crippen LogP contribution in [0.1, 0.15) is 24.8 Å². The predicted octanol–water partition coefficient (Wildman–Crippen LogP) is 1.93. The molecule has 0 radical (unpaired) electrons. The lowest BCUT2D eigenvalue weighted by Crippen LogP contribution is -2.01. The molecule has 1 atom stereocenters. The van der Waals surface area contributed by atoms with Gasteiger partial charge in [-0.15, -0.1) is 5.10 Å². The van der Waals surface area contributed by atoms with Crippen LogP contribution in [0, 0.1) is 0 Å². The Balaban J connectivity index is 2.11. The zero-order chi connectivity index (χ0) is 11.1. The fourth-order valence-corrected chi connectivity index (χ4v) is 2.35. The molecule has 84 valence electrons. The van der Waals surface area contributed by atoms with E-state index >= 15 is 0 Å². The Labute approximate surface area is 101 Å². The molecule has 6 heteroatoms. The molecule has 1 unspecified atom stereocenters. The summed E-state index contributed by atoms with van der Waals surface area (Å²) in [4.78, 5) is 4.43. The largest absolute Gasteiger partial charge is 0.384 e. The van der Waals surface area contributed by atoms with Crippen LogP contribution in [0.25, 0.3) is 5.65 Å². The fourth-order valence-electron chi connectivity index (χ4n) is 1.91. The number of ether oxygens (including phenoxy) is 1. The number of nitrogens with zero attached hydrogens (tertiary/aromatic N) is 3. The second-order valence-corrected chi connectivity index (χ2v) is 4.76. The van der Waals surface area contributed by atoms with E-state index in [1.165, 1.54) is 0 Å². The van der Waals surface area contributed by atoms with Crippen molar-refractivity contribution in [1.82, 2.24) is 14.6 Å². The molecule has 0 amide bonds. The van der Waals surface area contributed by atoms with E-state index in [0.717, 1.165) is 35.4 Å². The van der Waals surface area contributed by atoms with Crippen molar-refractivity contribution < 1.29 is 4.74 Å². The van der Waals surface area contributed by atoms with Crippen LogP contribution in [0.5, 0.6) is 0 Å². The van der Waals surface area contributed by atoms with Crippen molar-refractivity contribution in [1.29, 1.82) is 0 Å². The molecule has 5 nitrogen and oxygen atoms in total. The minimum Gasteiger partial charge on any atom is -0.384 e. The first-order valence-corrected chi connectivity index (χ1v) is 5.96. The lowest BCUT2D eigenvalue weighted by Gasteiger charge is -2.01. The van der Waals surface area contributed by atoms with Gasteiger partial charge in [-0.05, 0) is 25.0 Å². The number of pyridine rings is 1. The van der Waals surface area contributed by atoms with E-state index in [-0.39, 0.29) is 6.10 Å². The predicted molar refractivity (Wildman–Crippen MR) is 63.0 cm³/mol. The number of nitrogen functional groups attached to an aromatic ring is 1. The third-order valence-corrected chi connectivity index (χ3v) is 3.12. The molecule has 0 aromatic carbocycles. The Morgan fingerprint density at radius 3 is 3.12 bits per heavy atom. The van der Waals surface area contributed by atoms with Crippen molar-refractivity contribution in [2.24, 2.45) is 0 Å². The standard InChI is InChI=1S/C10H11BrN4O/c11-6-4-8(12)15-9(5-6)13-10(14-15)7-2-1-3-16-7/h4-5,7H,1-3,12H2. The number of rotatable bonds is 1. The van der Waals surface area contributed by atoms with Gasteiger partial charge in [-0.3, -0.25) is 0 Å². The van der Waals surface area contributed by atoms with Gasteiger partial charge in [-0.2, -0.15) is 4.52 Å². The number of hydrogen-bond donors (Lipinski definition) is 1. The highest BCUT2D eigenvalue weighted by Gasteiger charge is 2.22. The second-order valence-electron chi connectivity index (χ2n) is 3.84. The average molecular weight is 283 g/mol. The minimum atomic E-state index is 0.0260. The third kappa shape index (κ3) is 1.58. The van der Waals surface area contributed by atoms with Gasteiger partial charge in [-0.25, -0.2) is 4.98 Å². The minimum absolute atomic E-state index is 0.0260. The van der Waals surface area contributed by atoms with E-state index in [1.54, 1.807) is 10.6 Å². The highest BCUT2D eigenvalue weighted by molar-refractivity contribution is 9.10. The van der Waals surface area contributed by atoms with Gasteiger partial charge in [0.05, 0.1) is 0 Å². The molecule has 1 aliphatic heterocycles. The van der Waals surface area contributed by atoms with Crippen LogP contribution in [0.2, 0.25) is 0 Å². The number of halogens is 1. The van der Waals surface area contributed by atoms with Crippen LogP contribution in [0.15, 0.2) is 16.6 Å². The molecule has 16 heavy (non-hydrogen) atoms. The van der Waals surface area contributed by atoms with E-state index in [1.807, 2.05) is 6.07 Å². The Morgan fingerprint density at radius 2 is 2.38 bits per heavy atom. The maximum Gasteiger partial charge on any atom is 0.180 e. The van der Waals surface area contributed by atoms with Gasteiger partial charge in [0.15, 0.2) is 11.5 Å². The van der Waals surface area contributed by atoms with E-state index < -0.39 is 0 Å². The average Bonchev–Trinajstić information content (AvgIpc) is 2.82. The number of nitrogens with two attached hydrogens (primary N) is 1. The van der Waals surface area contributed by atoms with Crippen molar-refractivity contribution in [3.63, 3.8) is 0 Å². The molecule has 0 spiro atoms. The van der Waals surface area contributed by atoms with E-state index in [2.05, 4.69) is 26.0 Å². The van der Waals surface area contributed by atoms with Gasteiger partial charge in [0.2, 0.25) is 0 Å². The van der Waals surface area contributed by atoms with Crippen LogP contribution in [-0.4, -0.2) is 21.2 Å². The molecular formula is C10H11BrN4O.